The van der Waals surface area contributed by atoms with Crippen molar-refractivity contribution in [2.45, 2.75) is 64.7 Å². The van der Waals surface area contributed by atoms with E-state index < -0.39 is 0 Å². The van der Waals surface area contributed by atoms with Crippen LogP contribution in [0.4, 0.5) is 0 Å². The molecule has 0 saturated heterocycles. The molecule has 0 nitrogen and oxygen atoms in total. The number of rotatable bonds is 9. The summed E-state index contributed by atoms with van der Waals surface area (Å²) in [6, 6.07) is 8.97. The molecule has 1 rings (SSSR count). The zero-order valence-corrected chi connectivity index (χ0v) is 13.5. The fraction of sp³-hybridized carbons (Fsp3) is 0.647. The molecule has 0 amide bonds. The second kappa shape index (κ2) is 9.61. The van der Waals surface area contributed by atoms with Crippen LogP contribution < -0.4 is 0 Å². The summed E-state index contributed by atoms with van der Waals surface area (Å²) in [5, 5.41) is 1.09. The highest BCUT2D eigenvalue weighted by Crippen LogP contribution is 2.25. The Kier molecular flexibility index (Phi) is 8.41. The average Bonchev–Trinajstić information content (AvgIpc) is 2.38. The number of alkyl halides is 1. The van der Waals surface area contributed by atoms with Crippen LogP contribution in [0.25, 0.3) is 0 Å². The number of unbranched alkanes of at least 4 members (excludes halogenated alkanes) is 5. The molecule has 0 fully saturated rings. The van der Waals surface area contributed by atoms with Crippen molar-refractivity contribution in [3.63, 3.8) is 0 Å². The molecule has 0 aromatic heterocycles. The first kappa shape index (κ1) is 15.8. The van der Waals surface area contributed by atoms with Gasteiger partial charge in [-0.25, -0.2) is 0 Å². The first-order valence-electron chi connectivity index (χ1n) is 7.40. The summed E-state index contributed by atoms with van der Waals surface area (Å²) in [6.07, 6.45) is 9.66. The van der Waals surface area contributed by atoms with Crippen LogP contribution in [0.1, 0.15) is 68.9 Å². The summed E-state index contributed by atoms with van der Waals surface area (Å²) in [7, 11) is 0. The van der Waals surface area contributed by atoms with E-state index in [1.807, 2.05) is 0 Å². The molecule has 18 heavy (non-hydrogen) atoms. The van der Waals surface area contributed by atoms with Crippen LogP contribution in [0.2, 0.25) is 0 Å². The molecule has 1 unspecified atom stereocenters. The Labute approximate surface area is 121 Å². The molecule has 0 saturated carbocycles. The van der Waals surface area contributed by atoms with E-state index in [2.05, 4.69) is 54.0 Å². The molecular formula is C17H27Br. The van der Waals surface area contributed by atoms with Crippen molar-refractivity contribution in [3.05, 3.63) is 35.4 Å². The molecule has 1 aromatic rings. The van der Waals surface area contributed by atoms with E-state index in [0.717, 1.165) is 5.33 Å². The lowest BCUT2D eigenvalue weighted by Gasteiger charge is -2.15. The summed E-state index contributed by atoms with van der Waals surface area (Å²) in [5.41, 5.74) is 2.88. The lowest BCUT2D eigenvalue weighted by molar-refractivity contribution is 0.561. The lowest BCUT2D eigenvalue weighted by Crippen LogP contribution is -2.00. The third-order valence-corrected chi connectivity index (χ3v) is 4.39. The summed E-state index contributed by atoms with van der Waals surface area (Å²) < 4.78 is 0. The van der Waals surface area contributed by atoms with Crippen LogP contribution in [0.3, 0.4) is 0 Å². The van der Waals surface area contributed by atoms with Gasteiger partial charge < -0.3 is 0 Å². The van der Waals surface area contributed by atoms with Gasteiger partial charge in [-0.05, 0) is 24.8 Å². The Balaban J connectivity index is 2.29. The van der Waals surface area contributed by atoms with Gasteiger partial charge in [-0.15, -0.1) is 0 Å². The fourth-order valence-corrected chi connectivity index (χ4v) is 3.13. The van der Waals surface area contributed by atoms with Gasteiger partial charge in [0, 0.05) is 5.33 Å². The third-order valence-electron chi connectivity index (χ3n) is 3.61. The topological polar surface area (TPSA) is 0 Å². The maximum absolute atomic E-state index is 3.67. The van der Waals surface area contributed by atoms with Crippen LogP contribution in [-0.2, 0) is 0 Å². The summed E-state index contributed by atoms with van der Waals surface area (Å²) >= 11 is 3.67. The molecule has 1 atom stereocenters. The van der Waals surface area contributed by atoms with Crippen molar-refractivity contribution >= 4 is 15.9 Å². The predicted octanol–water partition coefficient (Wildman–Crippen LogP) is 6.22. The van der Waals surface area contributed by atoms with Crippen molar-refractivity contribution in [1.29, 1.82) is 0 Å². The van der Waals surface area contributed by atoms with E-state index in [4.69, 9.17) is 0 Å². The molecule has 0 aliphatic rings. The van der Waals surface area contributed by atoms with Crippen molar-refractivity contribution in [3.8, 4) is 0 Å². The highest BCUT2D eigenvalue weighted by molar-refractivity contribution is 9.09. The number of hydrogen-bond donors (Lipinski definition) is 0. The van der Waals surface area contributed by atoms with E-state index in [1.165, 1.54) is 56.1 Å². The SMILES string of the molecule is CCCCCCCCC(CBr)c1cccc(C)c1. The zero-order chi connectivity index (χ0) is 13.2. The smallest absolute Gasteiger partial charge is 0.0100 e. The quantitative estimate of drug-likeness (QED) is 0.375. The van der Waals surface area contributed by atoms with E-state index in [-0.39, 0.29) is 0 Å². The normalized spacial score (nSPS) is 12.6. The summed E-state index contributed by atoms with van der Waals surface area (Å²) in [4.78, 5) is 0. The van der Waals surface area contributed by atoms with E-state index in [1.54, 1.807) is 0 Å². The van der Waals surface area contributed by atoms with Crippen LogP contribution >= 0.6 is 15.9 Å². The first-order chi connectivity index (χ1) is 8.77. The van der Waals surface area contributed by atoms with Gasteiger partial charge in [-0.2, -0.15) is 0 Å². The summed E-state index contributed by atoms with van der Waals surface area (Å²) in [5.74, 6) is 0.691. The van der Waals surface area contributed by atoms with Gasteiger partial charge in [-0.1, -0.05) is 91.2 Å². The molecule has 0 radical (unpaired) electrons. The van der Waals surface area contributed by atoms with Crippen molar-refractivity contribution < 1.29 is 0 Å². The van der Waals surface area contributed by atoms with E-state index in [9.17, 15) is 0 Å². The minimum atomic E-state index is 0.691. The summed E-state index contributed by atoms with van der Waals surface area (Å²) in [6.45, 7) is 4.46. The minimum Gasteiger partial charge on any atom is -0.0921 e. The van der Waals surface area contributed by atoms with Gasteiger partial charge in [0.1, 0.15) is 0 Å². The van der Waals surface area contributed by atoms with Crippen molar-refractivity contribution in [1.82, 2.24) is 0 Å². The fourth-order valence-electron chi connectivity index (χ4n) is 2.43. The standard InChI is InChI=1S/C17H27Br/c1-3-4-5-6-7-8-11-17(14-18)16-12-9-10-15(2)13-16/h9-10,12-13,17H,3-8,11,14H2,1-2H3. The molecule has 0 heterocycles. The highest BCUT2D eigenvalue weighted by atomic mass is 79.9. The maximum Gasteiger partial charge on any atom is 0.0100 e. The second-order valence-electron chi connectivity index (χ2n) is 5.32. The van der Waals surface area contributed by atoms with Gasteiger partial charge in [-0.3, -0.25) is 0 Å². The Hall–Kier alpha value is -0.300. The lowest BCUT2D eigenvalue weighted by atomic mass is 9.93. The number of benzene rings is 1. The monoisotopic (exact) mass is 310 g/mol. The molecule has 0 bridgehead atoms. The van der Waals surface area contributed by atoms with Crippen LogP contribution in [0.15, 0.2) is 24.3 Å². The van der Waals surface area contributed by atoms with E-state index >= 15 is 0 Å². The molecular weight excluding hydrogens is 284 g/mol. The largest absolute Gasteiger partial charge is 0.0921 e. The van der Waals surface area contributed by atoms with Gasteiger partial charge in [0.2, 0.25) is 0 Å². The molecule has 102 valence electrons. The predicted molar refractivity (Wildman–Crippen MR) is 85.7 cm³/mol. The molecule has 1 aromatic carbocycles. The molecule has 0 aliphatic carbocycles. The molecule has 0 spiro atoms. The van der Waals surface area contributed by atoms with Crippen LogP contribution in [-0.4, -0.2) is 5.33 Å². The third kappa shape index (κ3) is 6.04. The van der Waals surface area contributed by atoms with Crippen LogP contribution in [0.5, 0.6) is 0 Å². The Morgan fingerprint density at radius 1 is 1.06 bits per heavy atom. The molecule has 0 aliphatic heterocycles. The Morgan fingerprint density at radius 2 is 1.78 bits per heavy atom. The maximum atomic E-state index is 3.67. The second-order valence-corrected chi connectivity index (χ2v) is 5.97. The minimum absolute atomic E-state index is 0.691. The first-order valence-corrected chi connectivity index (χ1v) is 8.52. The van der Waals surface area contributed by atoms with Crippen molar-refractivity contribution in [2.24, 2.45) is 0 Å². The average molecular weight is 311 g/mol. The Bertz CT molecular complexity index is 319. The zero-order valence-electron chi connectivity index (χ0n) is 11.9. The number of hydrogen-bond acceptors (Lipinski definition) is 0. The van der Waals surface area contributed by atoms with Gasteiger partial charge in [0.15, 0.2) is 0 Å². The molecule has 0 N–H and O–H groups in total. The molecule has 1 heteroatoms. The van der Waals surface area contributed by atoms with Gasteiger partial charge in [0.05, 0.1) is 0 Å². The highest BCUT2D eigenvalue weighted by Gasteiger charge is 2.09. The van der Waals surface area contributed by atoms with Gasteiger partial charge >= 0.3 is 0 Å². The Morgan fingerprint density at radius 3 is 2.44 bits per heavy atom. The number of aryl methyl sites for hydroxylation is 1. The van der Waals surface area contributed by atoms with Gasteiger partial charge in [0.25, 0.3) is 0 Å². The van der Waals surface area contributed by atoms with Crippen LogP contribution in [0, 0.1) is 6.92 Å². The van der Waals surface area contributed by atoms with E-state index in [0.29, 0.717) is 5.92 Å². The number of halogens is 1. The van der Waals surface area contributed by atoms with Crippen molar-refractivity contribution in [2.75, 3.05) is 5.33 Å².